The van der Waals surface area contributed by atoms with Crippen LogP contribution in [0.1, 0.15) is 17.4 Å². The Bertz CT molecular complexity index is 959. The molecule has 1 amide bonds. The van der Waals surface area contributed by atoms with Gasteiger partial charge >= 0.3 is 0 Å². The third kappa shape index (κ3) is 3.63. The molecular formula is C19H18N2OS2. The van der Waals surface area contributed by atoms with Crippen LogP contribution in [0.3, 0.4) is 0 Å². The average molecular weight is 355 g/mol. The Labute approximate surface area is 148 Å². The molecule has 0 spiro atoms. The number of aromatic nitrogens is 1. The summed E-state index contributed by atoms with van der Waals surface area (Å²) in [4.78, 5) is 18.2. The molecule has 0 N–H and O–H groups in total. The molecule has 0 atom stereocenters. The highest BCUT2D eigenvalue weighted by Crippen LogP contribution is 2.19. The van der Waals surface area contributed by atoms with Gasteiger partial charge in [0.2, 0.25) is 0 Å². The number of carbonyl (C=O) groups is 1. The number of aryl methyl sites for hydroxylation is 1. The molecule has 0 unspecified atom stereocenters. The highest BCUT2D eigenvalue weighted by molar-refractivity contribution is 7.16. The Hall–Kier alpha value is -2.24. The molecular weight excluding hydrogens is 336 g/mol. The van der Waals surface area contributed by atoms with Crippen LogP contribution in [0.15, 0.2) is 59.4 Å². The fourth-order valence-corrected chi connectivity index (χ4v) is 4.13. The molecule has 0 aliphatic rings. The number of hydrogen-bond donors (Lipinski definition) is 0. The number of thiophene rings is 1. The van der Waals surface area contributed by atoms with E-state index in [0.717, 1.165) is 21.5 Å². The quantitative estimate of drug-likeness (QED) is 0.485. The Balaban J connectivity index is 2.01. The summed E-state index contributed by atoms with van der Waals surface area (Å²) in [5.41, 5.74) is 2.37. The molecule has 1 aromatic carbocycles. The van der Waals surface area contributed by atoms with Crippen LogP contribution in [-0.4, -0.2) is 10.5 Å². The topological polar surface area (TPSA) is 34.4 Å². The van der Waals surface area contributed by atoms with Crippen LogP contribution in [0, 0.1) is 0 Å². The lowest BCUT2D eigenvalue weighted by molar-refractivity contribution is -0.113. The molecule has 3 nitrogen and oxygen atoms in total. The van der Waals surface area contributed by atoms with Crippen molar-refractivity contribution in [1.29, 1.82) is 0 Å². The molecule has 0 saturated carbocycles. The van der Waals surface area contributed by atoms with Crippen molar-refractivity contribution in [2.45, 2.75) is 19.9 Å². The monoisotopic (exact) mass is 354 g/mol. The second kappa shape index (κ2) is 7.55. The van der Waals surface area contributed by atoms with E-state index in [4.69, 9.17) is 0 Å². The van der Waals surface area contributed by atoms with Crippen molar-refractivity contribution in [3.63, 3.8) is 0 Å². The molecule has 0 bridgehead atoms. The number of benzene rings is 1. The number of nitrogens with zero attached hydrogens (tertiary/aromatic N) is 2. The van der Waals surface area contributed by atoms with Crippen molar-refractivity contribution >= 4 is 44.9 Å². The van der Waals surface area contributed by atoms with Crippen molar-refractivity contribution in [3.05, 3.63) is 69.7 Å². The first kappa shape index (κ1) is 16.6. The van der Waals surface area contributed by atoms with E-state index in [1.807, 2.05) is 28.2 Å². The lowest BCUT2D eigenvalue weighted by Crippen LogP contribution is -2.15. The SMILES string of the molecule is C=CCn1c(=NC(=O)/C=C/c2cccs2)sc2cc(CC)ccc21. The molecule has 0 saturated heterocycles. The summed E-state index contributed by atoms with van der Waals surface area (Å²) in [7, 11) is 0. The van der Waals surface area contributed by atoms with Crippen LogP contribution in [0.4, 0.5) is 0 Å². The summed E-state index contributed by atoms with van der Waals surface area (Å²) >= 11 is 3.14. The fourth-order valence-electron chi connectivity index (χ4n) is 2.40. The lowest BCUT2D eigenvalue weighted by atomic mass is 10.2. The van der Waals surface area contributed by atoms with Crippen molar-refractivity contribution < 1.29 is 4.79 Å². The zero-order chi connectivity index (χ0) is 16.9. The second-order valence-corrected chi connectivity index (χ2v) is 7.23. The molecule has 122 valence electrons. The van der Waals surface area contributed by atoms with Gasteiger partial charge in [-0.2, -0.15) is 4.99 Å². The van der Waals surface area contributed by atoms with Crippen LogP contribution >= 0.6 is 22.7 Å². The Morgan fingerprint density at radius 2 is 2.25 bits per heavy atom. The molecule has 2 aromatic heterocycles. The molecule has 3 rings (SSSR count). The Kier molecular flexibility index (Phi) is 5.23. The first-order chi connectivity index (χ1) is 11.7. The summed E-state index contributed by atoms with van der Waals surface area (Å²) in [6.45, 7) is 6.58. The molecule has 0 radical (unpaired) electrons. The average Bonchev–Trinajstić information content (AvgIpc) is 3.21. The van der Waals surface area contributed by atoms with E-state index < -0.39 is 0 Å². The predicted molar refractivity (Wildman–Crippen MR) is 103 cm³/mol. The number of carbonyl (C=O) groups excluding carboxylic acids is 1. The van der Waals surface area contributed by atoms with Crippen LogP contribution in [0.2, 0.25) is 0 Å². The highest BCUT2D eigenvalue weighted by atomic mass is 32.1. The zero-order valence-electron chi connectivity index (χ0n) is 13.4. The highest BCUT2D eigenvalue weighted by Gasteiger charge is 2.07. The largest absolute Gasteiger partial charge is 0.312 e. The van der Waals surface area contributed by atoms with E-state index in [1.54, 1.807) is 28.7 Å². The van der Waals surface area contributed by atoms with Gasteiger partial charge in [0.1, 0.15) is 0 Å². The minimum atomic E-state index is -0.247. The van der Waals surface area contributed by atoms with Gasteiger partial charge in [0.25, 0.3) is 5.91 Å². The molecule has 2 heterocycles. The smallest absolute Gasteiger partial charge is 0.272 e. The third-order valence-electron chi connectivity index (χ3n) is 3.61. The number of thiazole rings is 1. The second-order valence-electron chi connectivity index (χ2n) is 5.24. The Morgan fingerprint density at radius 1 is 1.38 bits per heavy atom. The third-order valence-corrected chi connectivity index (χ3v) is 5.48. The van der Waals surface area contributed by atoms with Crippen molar-refractivity contribution in [1.82, 2.24) is 4.57 Å². The number of allylic oxidation sites excluding steroid dienone is 1. The van der Waals surface area contributed by atoms with Crippen molar-refractivity contribution in [2.24, 2.45) is 4.99 Å². The summed E-state index contributed by atoms with van der Waals surface area (Å²) < 4.78 is 3.17. The summed E-state index contributed by atoms with van der Waals surface area (Å²) in [5.74, 6) is -0.247. The van der Waals surface area contributed by atoms with Crippen LogP contribution in [0.5, 0.6) is 0 Å². The first-order valence-electron chi connectivity index (χ1n) is 7.74. The predicted octanol–water partition coefficient (Wildman–Crippen LogP) is 4.65. The number of hydrogen-bond acceptors (Lipinski definition) is 3. The number of amides is 1. The minimum Gasteiger partial charge on any atom is -0.312 e. The van der Waals surface area contributed by atoms with Crippen LogP contribution in [0.25, 0.3) is 16.3 Å². The van der Waals surface area contributed by atoms with E-state index in [9.17, 15) is 4.79 Å². The van der Waals surface area contributed by atoms with E-state index in [0.29, 0.717) is 11.3 Å². The van der Waals surface area contributed by atoms with Gasteiger partial charge in [-0.05, 0) is 41.6 Å². The van der Waals surface area contributed by atoms with E-state index in [-0.39, 0.29) is 5.91 Å². The van der Waals surface area contributed by atoms with Crippen LogP contribution in [-0.2, 0) is 17.8 Å². The van der Waals surface area contributed by atoms with Gasteiger partial charge in [-0.15, -0.1) is 17.9 Å². The molecule has 24 heavy (non-hydrogen) atoms. The van der Waals surface area contributed by atoms with Gasteiger partial charge in [-0.25, -0.2) is 0 Å². The molecule has 0 fully saturated rings. The maximum Gasteiger partial charge on any atom is 0.272 e. The van der Waals surface area contributed by atoms with Crippen LogP contribution < -0.4 is 4.80 Å². The van der Waals surface area contributed by atoms with Gasteiger partial charge < -0.3 is 4.57 Å². The van der Waals surface area contributed by atoms with Crippen molar-refractivity contribution in [3.8, 4) is 0 Å². The van der Waals surface area contributed by atoms with E-state index in [1.165, 1.54) is 11.6 Å². The summed E-state index contributed by atoms with van der Waals surface area (Å²) in [5, 5.41) is 1.98. The fraction of sp³-hybridized carbons (Fsp3) is 0.158. The molecule has 5 heteroatoms. The summed E-state index contributed by atoms with van der Waals surface area (Å²) in [6, 6.07) is 10.3. The molecule has 0 aliphatic carbocycles. The first-order valence-corrected chi connectivity index (χ1v) is 9.44. The van der Waals surface area contributed by atoms with Gasteiger partial charge in [-0.3, -0.25) is 4.79 Å². The maximum absolute atomic E-state index is 12.2. The minimum absolute atomic E-state index is 0.247. The molecule has 0 aliphatic heterocycles. The Morgan fingerprint density at radius 3 is 2.96 bits per heavy atom. The maximum atomic E-state index is 12.2. The van der Waals surface area contributed by atoms with Gasteiger partial charge in [-0.1, -0.05) is 36.5 Å². The van der Waals surface area contributed by atoms with E-state index in [2.05, 4.69) is 36.7 Å². The lowest BCUT2D eigenvalue weighted by Gasteiger charge is -2.01. The normalized spacial score (nSPS) is 12.3. The number of rotatable bonds is 5. The molecule has 3 aromatic rings. The van der Waals surface area contributed by atoms with Gasteiger partial charge in [0.15, 0.2) is 4.80 Å². The van der Waals surface area contributed by atoms with Gasteiger partial charge in [0.05, 0.1) is 10.2 Å². The van der Waals surface area contributed by atoms with Gasteiger partial charge in [0, 0.05) is 17.5 Å². The standard InChI is InChI=1S/C19H18N2OS2/c1-3-11-21-16-9-7-14(4-2)13-17(16)24-19(21)20-18(22)10-8-15-6-5-12-23-15/h3,5-10,12-13H,1,4,11H2,2H3/b10-8+,20-19?. The summed E-state index contributed by atoms with van der Waals surface area (Å²) in [6.07, 6.45) is 6.14. The number of fused-ring (bicyclic) bond motifs is 1. The zero-order valence-corrected chi connectivity index (χ0v) is 15.1. The van der Waals surface area contributed by atoms with Crippen molar-refractivity contribution in [2.75, 3.05) is 0 Å². The van der Waals surface area contributed by atoms with E-state index >= 15 is 0 Å².